The van der Waals surface area contributed by atoms with Crippen molar-refractivity contribution < 1.29 is 14.2 Å². The van der Waals surface area contributed by atoms with Crippen LogP contribution in [0.2, 0.25) is 0 Å². The number of hydrogen-bond donors (Lipinski definition) is 1. The summed E-state index contributed by atoms with van der Waals surface area (Å²) in [7, 11) is 1.66. The lowest BCUT2D eigenvalue weighted by atomic mass is 10.2. The number of nitrogens with one attached hydrogen (secondary N) is 1. The maximum absolute atomic E-state index is 5.86. The van der Waals surface area contributed by atoms with Gasteiger partial charge in [0.1, 0.15) is 5.75 Å². The molecule has 1 N–H and O–H groups in total. The minimum Gasteiger partial charge on any atom is -0.495 e. The van der Waals surface area contributed by atoms with E-state index in [9.17, 15) is 0 Å². The summed E-state index contributed by atoms with van der Waals surface area (Å²) < 4.78 is 19.8. The van der Waals surface area contributed by atoms with Gasteiger partial charge in [-0.15, -0.1) is 5.10 Å². The summed E-state index contributed by atoms with van der Waals surface area (Å²) >= 11 is 7.06. The molecule has 9 heteroatoms. The summed E-state index contributed by atoms with van der Waals surface area (Å²) in [6.45, 7) is 4.13. The van der Waals surface area contributed by atoms with Crippen molar-refractivity contribution in [2.24, 2.45) is 0 Å². The van der Waals surface area contributed by atoms with Gasteiger partial charge in [0, 0.05) is 26.3 Å². The number of nitrogens with zero attached hydrogens (tertiary/aromatic N) is 3. The standard InChI is InChI=1S/C20H28N4O3S2/c1-25-18-9-3-2-8-17(18)21-19-22-24(20(28)29-19)14-23(12-15-6-4-10-26-15)13-16-7-5-11-27-16/h2-3,8-9,15-16H,4-7,10-14H2,1H3,(H,21,22). The third-order valence-corrected chi connectivity index (χ3v) is 6.48. The molecule has 2 aliphatic heterocycles. The number of aromatic nitrogens is 2. The summed E-state index contributed by atoms with van der Waals surface area (Å²) in [5.41, 5.74) is 0.876. The van der Waals surface area contributed by atoms with Crippen LogP contribution in [0.3, 0.4) is 0 Å². The molecule has 1 aromatic heterocycles. The van der Waals surface area contributed by atoms with Gasteiger partial charge in [0.25, 0.3) is 0 Å². The van der Waals surface area contributed by atoms with E-state index < -0.39 is 0 Å². The van der Waals surface area contributed by atoms with Gasteiger partial charge >= 0.3 is 0 Å². The molecule has 2 atom stereocenters. The van der Waals surface area contributed by atoms with Crippen molar-refractivity contribution in [3.8, 4) is 5.75 Å². The van der Waals surface area contributed by atoms with E-state index in [0.29, 0.717) is 6.67 Å². The number of benzene rings is 1. The van der Waals surface area contributed by atoms with Gasteiger partial charge in [0.15, 0.2) is 3.95 Å². The highest BCUT2D eigenvalue weighted by molar-refractivity contribution is 7.73. The second-order valence-electron chi connectivity index (χ2n) is 7.45. The number of hydrogen-bond acceptors (Lipinski definition) is 8. The normalized spacial score (nSPS) is 21.7. The largest absolute Gasteiger partial charge is 0.495 e. The lowest BCUT2D eigenvalue weighted by Crippen LogP contribution is -2.39. The van der Waals surface area contributed by atoms with E-state index in [0.717, 1.165) is 72.5 Å². The molecular weight excluding hydrogens is 408 g/mol. The van der Waals surface area contributed by atoms with Crippen LogP contribution >= 0.6 is 23.6 Å². The van der Waals surface area contributed by atoms with Crippen LogP contribution < -0.4 is 10.1 Å². The van der Waals surface area contributed by atoms with Crippen LogP contribution in [0.5, 0.6) is 5.75 Å². The molecule has 158 valence electrons. The average Bonchev–Trinajstić information content (AvgIpc) is 3.47. The zero-order valence-corrected chi connectivity index (χ0v) is 18.3. The summed E-state index contributed by atoms with van der Waals surface area (Å²) in [4.78, 5) is 2.37. The molecule has 2 aromatic rings. The molecule has 3 heterocycles. The van der Waals surface area contributed by atoms with Gasteiger partial charge < -0.3 is 19.5 Å². The first-order valence-corrected chi connectivity index (χ1v) is 11.4. The van der Waals surface area contributed by atoms with E-state index in [1.54, 1.807) is 7.11 Å². The smallest absolute Gasteiger partial charge is 0.209 e. The average molecular weight is 437 g/mol. The molecule has 4 rings (SSSR count). The van der Waals surface area contributed by atoms with Crippen molar-refractivity contribution in [2.45, 2.75) is 44.6 Å². The van der Waals surface area contributed by atoms with Crippen LogP contribution in [0, 0.1) is 3.95 Å². The highest BCUT2D eigenvalue weighted by atomic mass is 32.1. The fraction of sp³-hybridized carbons (Fsp3) is 0.600. The summed E-state index contributed by atoms with van der Waals surface area (Å²) in [6.07, 6.45) is 5.09. The van der Waals surface area contributed by atoms with Crippen LogP contribution in [0.25, 0.3) is 0 Å². The van der Waals surface area contributed by atoms with Crippen LogP contribution in [0.15, 0.2) is 24.3 Å². The predicted octanol–water partition coefficient (Wildman–Crippen LogP) is 4.04. The zero-order chi connectivity index (χ0) is 20.1. The number of anilines is 2. The molecule has 0 spiro atoms. The van der Waals surface area contributed by atoms with Gasteiger partial charge in [0.2, 0.25) is 5.13 Å². The van der Waals surface area contributed by atoms with Crippen LogP contribution in [-0.4, -0.2) is 60.3 Å². The molecule has 29 heavy (non-hydrogen) atoms. The second-order valence-corrected chi connectivity index (χ2v) is 9.07. The van der Waals surface area contributed by atoms with Crippen molar-refractivity contribution in [1.82, 2.24) is 14.7 Å². The number of para-hydroxylation sites is 2. The maximum atomic E-state index is 5.86. The van der Waals surface area contributed by atoms with Crippen LogP contribution in [-0.2, 0) is 16.1 Å². The molecule has 0 radical (unpaired) electrons. The third-order valence-electron chi connectivity index (χ3n) is 5.26. The van der Waals surface area contributed by atoms with Gasteiger partial charge in [-0.1, -0.05) is 23.5 Å². The van der Waals surface area contributed by atoms with E-state index in [4.69, 9.17) is 31.5 Å². The third kappa shape index (κ3) is 5.55. The Bertz CT molecular complexity index is 826. The Hall–Kier alpha value is -1.52. The Kier molecular flexibility index (Phi) is 7.15. The Morgan fingerprint density at radius 3 is 2.52 bits per heavy atom. The second kappa shape index (κ2) is 9.99. The molecular formula is C20H28N4O3S2. The predicted molar refractivity (Wildman–Crippen MR) is 117 cm³/mol. The van der Waals surface area contributed by atoms with Crippen molar-refractivity contribution in [3.05, 3.63) is 28.2 Å². The molecule has 2 saturated heterocycles. The van der Waals surface area contributed by atoms with Gasteiger partial charge in [-0.2, -0.15) is 0 Å². The minimum absolute atomic E-state index is 0.287. The van der Waals surface area contributed by atoms with Gasteiger partial charge in [0.05, 0.1) is 31.7 Å². The van der Waals surface area contributed by atoms with Crippen LogP contribution in [0.4, 0.5) is 10.8 Å². The first-order valence-electron chi connectivity index (χ1n) is 10.1. The van der Waals surface area contributed by atoms with E-state index in [2.05, 4.69) is 10.2 Å². The van der Waals surface area contributed by atoms with Crippen LogP contribution in [0.1, 0.15) is 25.7 Å². The van der Waals surface area contributed by atoms with Crippen molar-refractivity contribution in [2.75, 3.05) is 38.7 Å². The van der Waals surface area contributed by atoms with Crippen molar-refractivity contribution in [3.63, 3.8) is 0 Å². The molecule has 2 fully saturated rings. The summed E-state index contributed by atoms with van der Waals surface area (Å²) in [5.74, 6) is 0.776. The lowest BCUT2D eigenvalue weighted by molar-refractivity contribution is 0.0237. The number of ether oxygens (including phenoxy) is 3. The quantitative estimate of drug-likeness (QED) is 0.595. The van der Waals surface area contributed by atoms with Gasteiger partial charge in [-0.25, -0.2) is 4.68 Å². The summed E-state index contributed by atoms with van der Waals surface area (Å²) in [6, 6.07) is 7.79. The maximum Gasteiger partial charge on any atom is 0.209 e. The molecule has 2 aliphatic rings. The molecule has 0 bridgehead atoms. The SMILES string of the molecule is COc1ccccc1Nc1nn(CN(CC2CCCO2)CC2CCCO2)c(=S)s1. The Balaban J connectivity index is 1.45. The molecule has 2 unspecified atom stereocenters. The van der Waals surface area contributed by atoms with E-state index >= 15 is 0 Å². The minimum atomic E-state index is 0.287. The topological polar surface area (TPSA) is 60.8 Å². The van der Waals surface area contributed by atoms with E-state index in [-0.39, 0.29) is 12.2 Å². The molecule has 7 nitrogen and oxygen atoms in total. The fourth-order valence-electron chi connectivity index (χ4n) is 3.84. The first kappa shape index (κ1) is 20.7. The Morgan fingerprint density at radius 2 is 1.90 bits per heavy atom. The zero-order valence-electron chi connectivity index (χ0n) is 16.7. The van der Waals surface area contributed by atoms with E-state index in [1.807, 2.05) is 28.9 Å². The lowest BCUT2D eigenvalue weighted by Gasteiger charge is -2.27. The Labute approximate surface area is 180 Å². The highest BCUT2D eigenvalue weighted by Crippen LogP contribution is 2.28. The van der Waals surface area contributed by atoms with E-state index in [1.165, 1.54) is 11.3 Å². The number of rotatable bonds is 9. The first-order chi connectivity index (χ1) is 14.2. The molecule has 0 saturated carbocycles. The molecule has 0 amide bonds. The van der Waals surface area contributed by atoms with Gasteiger partial charge in [-0.3, -0.25) is 4.90 Å². The summed E-state index contributed by atoms with van der Waals surface area (Å²) in [5, 5.41) is 8.80. The Morgan fingerprint density at radius 1 is 1.21 bits per heavy atom. The number of methoxy groups -OCH3 is 1. The monoisotopic (exact) mass is 436 g/mol. The highest BCUT2D eigenvalue weighted by Gasteiger charge is 2.24. The van der Waals surface area contributed by atoms with Crippen molar-refractivity contribution in [1.29, 1.82) is 0 Å². The molecule has 0 aliphatic carbocycles. The fourth-order valence-corrected chi connectivity index (χ4v) is 4.85. The van der Waals surface area contributed by atoms with Gasteiger partial charge in [-0.05, 0) is 50.0 Å². The molecule has 1 aromatic carbocycles. The van der Waals surface area contributed by atoms with Crippen molar-refractivity contribution >= 4 is 34.4 Å².